The first kappa shape index (κ1) is 21.6. The summed E-state index contributed by atoms with van der Waals surface area (Å²) in [6.07, 6.45) is 19.8. The lowest BCUT2D eigenvalue weighted by Crippen LogP contribution is -2.22. The van der Waals surface area contributed by atoms with Crippen LogP contribution in [0.3, 0.4) is 0 Å². The lowest BCUT2D eigenvalue weighted by molar-refractivity contribution is 0.539. The van der Waals surface area contributed by atoms with Gasteiger partial charge < -0.3 is 4.90 Å². The summed E-state index contributed by atoms with van der Waals surface area (Å²) in [7, 11) is 3.79. The molecule has 4 heteroatoms. The van der Waals surface area contributed by atoms with E-state index in [0.29, 0.717) is 0 Å². The van der Waals surface area contributed by atoms with E-state index in [2.05, 4.69) is 11.8 Å². The van der Waals surface area contributed by atoms with Gasteiger partial charge in [-0.1, -0.05) is 101 Å². The highest BCUT2D eigenvalue weighted by Crippen LogP contribution is 2.28. The summed E-state index contributed by atoms with van der Waals surface area (Å²) in [5.41, 5.74) is 0. The summed E-state index contributed by atoms with van der Waals surface area (Å²) >= 11 is 5.48. The fourth-order valence-electron chi connectivity index (χ4n) is 3.05. The third kappa shape index (κ3) is 12.6. The maximum absolute atomic E-state index is 5.48. The van der Waals surface area contributed by atoms with Crippen molar-refractivity contribution in [2.45, 2.75) is 96.8 Å². The number of nitrogens with zero attached hydrogens (tertiary/aromatic N) is 1. The van der Waals surface area contributed by atoms with E-state index in [9.17, 15) is 0 Å². The molecule has 0 atom stereocenters. The van der Waals surface area contributed by atoms with Crippen LogP contribution in [-0.2, 0) is 0 Å². The smallest absolute Gasteiger partial charge is 0.147 e. The summed E-state index contributed by atoms with van der Waals surface area (Å²) in [5, 5.41) is 0. The number of rotatable bonds is 14. The SMILES string of the molecule is CCCCCCCCCCCCCCSSC(=S)N1CCCC1. The number of hydrogen-bond donors (Lipinski definition) is 0. The van der Waals surface area contributed by atoms with E-state index in [1.165, 1.54) is 109 Å². The first-order valence-corrected chi connectivity index (χ1v) is 12.7. The van der Waals surface area contributed by atoms with E-state index in [0.717, 1.165) is 4.32 Å². The van der Waals surface area contributed by atoms with Gasteiger partial charge in [-0.05, 0) is 30.1 Å². The number of likely N-dealkylation sites (tertiary alicyclic amines) is 1. The number of thiocarbonyl (C=S) groups is 1. The van der Waals surface area contributed by atoms with Crippen molar-refractivity contribution in [1.82, 2.24) is 4.90 Å². The Kier molecular flexibility index (Phi) is 15.1. The van der Waals surface area contributed by atoms with Gasteiger partial charge >= 0.3 is 0 Å². The Morgan fingerprint density at radius 2 is 1.26 bits per heavy atom. The largest absolute Gasteiger partial charge is 0.357 e. The van der Waals surface area contributed by atoms with Crippen LogP contribution in [0.4, 0.5) is 0 Å². The fourth-order valence-corrected chi connectivity index (χ4v) is 5.68. The van der Waals surface area contributed by atoms with Crippen molar-refractivity contribution >= 4 is 38.1 Å². The molecule has 23 heavy (non-hydrogen) atoms. The zero-order chi connectivity index (χ0) is 16.6. The van der Waals surface area contributed by atoms with E-state index in [-0.39, 0.29) is 0 Å². The fraction of sp³-hybridized carbons (Fsp3) is 0.947. The third-order valence-electron chi connectivity index (χ3n) is 4.58. The molecule has 136 valence electrons. The van der Waals surface area contributed by atoms with Gasteiger partial charge in [0.2, 0.25) is 0 Å². The molecule has 0 amide bonds. The van der Waals surface area contributed by atoms with E-state index in [4.69, 9.17) is 12.2 Å². The van der Waals surface area contributed by atoms with Gasteiger partial charge in [-0.15, -0.1) is 0 Å². The molecule has 0 spiro atoms. The van der Waals surface area contributed by atoms with Gasteiger partial charge in [0.15, 0.2) is 0 Å². The predicted molar refractivity (Wildman–Crippen MR) is 115 cm³/mol. The Hall–Kier alpha value is 0.590. The second kappa shape index (κ2) is 16.1. The van der Waals surface area contributed by atoms with E-state index in [1.807, 2.05) is 21.6 Å². The van der Waals surface area contributed by atoms with E-state index in [1.54, 1.807) is 0 Å². The van der Waals surface area contributed by atoms with Crippen LogP contribution in [0.15, 0.2) is 0 Å². The summed E-state index contributed by atoms with van der Waals surface area (Å²) in [4.78, 5) is 2.37. The van der Waals surface area contributed by atoms with Crippen LogP contribution < -0.4 is 0 Å². The molecular weight excluding hydrogens is 338 g/mol. The third-order valence-corrected chi connectivity index (χ3v) is 7.70. The quantitative estimate of drug-likeness (QED) is 0.176. The molecule has 0 bridgehead atoms. The molecule has 1 fully saturated rings. The minimum absolute atomic E-state index is 1.12. The van der Waals surface area contributed by atoms with Gasteiger partial charge in [0.05, 0.1) is 0 Å². The van der Waals surface area contributed by atoms with Gasteiger partial charge in [-0.3, -0.25) is 0 Å². The van der Waals surface area contributed by atoms with Crippen molar-refractivity contribution in [2.24, 2.45) is 0 Å². The van der Waals surface area contributed by atoms with Gasteiger partial charge in [-0.25, -0.2) is 0 Å². The van der Waals surface area contributed by atoms with Crippen LogP contribution in [0.5, 0.6) is 0 Å². The highest BCUT2D eigenvalue weighted by atomic mass is 33.1. The van der Waals surface area contributed by atoms with Crippen molar-refractivity contribution in [2.75, 3.05) is 18.8 Å². The molecular formula is C19H37NS3. The monoisotopic (exact) mass is 375 g/mol. The van der Waals surface area contributed by atoms with Crippen LogP contribution in [0.25, 0.3) is 0 Å². The molecule has 1 heterocycles. The second-order valence-electron chi connectivity index (χ2n) is 6.75. The Labute approximate surface area is 158 Å². The molecule has 0 saturated carbocycles. The summed E-state index contributed by atoms with van der Waals surface area (Å²) < 4.78 is 1.12. The van der Waals surface area contributed by atoms with Crippen molar-refractivity contribution in [3.63, 3.8) is 0 Å². The first-order chi connectivity index (χ1) is 11.3. The highest BCUT2D eigenvalue weighted by Gasteiger charge is 2.14. The maximum atomic E-state index is 5.48. The molecule has 1 aliphatic heterocycles. The zero-order valence-electron chi connectivity index (χ0n) is 15.2. The summed E-state index contributed by atoms with van der Waals surface area (Å²) in [6, 6.07) is 0. The van der Waals surface area contributed by atoms with Crippen molar-refractivity contribution in [3.8, 4) is 0 Å². The van der Waals surface area contributed by atoms with E-state index >= 15 is 0 Å². The molecule has 0 aromatic rings. The lowest BCUT2D eigenvalue weighted by Gasteiger charge is -2.16. The summed E-state index contributed by atoms with van der Waals surface area (Å²) in [5.74, 6) is 1.26. The topological polar surface area (TPSA) is 3.24 Å². The van der Waals surface area contributed by atoms with Gasteiger partial charge in [0.25, 0.3) is 0 Å². The Morgan fingerprint density at radius 1 is 0.783 bits per heavy atom. The standard InChI is InChI=1S/C19H37NS3/c1-2-3-4-5-6-7-8-9-10-11-12-15-18-22-23-19(21)20-16-13-14-17-20/h2-18H2,1H3. The van der Waals surface area contributed by atoms with Crippen molar-refractivity contribution < 1.29 is 0 Å². The molecule has 0 N–H and O–H groups in total. The second-order valence-corrected chi connectivity index (χ2v) is 9.80. The van der Waals surface area contributed by atoms with Gasteiger partial charge in [0, 0.05) is 18.8 Å². The maximum Gasteiger partial charge on any atom is 0.147 e. The van der Waals surface area contributed by atoms with Crippen LogP contribution in [0.1, 0.15) is 96.8 Å². The Bertz CT molecular complexity index is 278. The minimum Gasteiger partial charge on any atom is -0.357 e. The summed E-state index contributed by atoms with van der Waals surface area (Å²) in [6.45, 7) is 4.66. The molecule has 0 radical (unpaired) electrons. The van der Waals surface area contributed by atoms with Crippen molar-refractivity contribution in [1.29, 1.82) is 0 Å². The molecule has 0 aromatic carbocycles. The normalized spacial score (nSPS) is 14.6. The van der Waals surface area contributed by atoms with E-state index < -0.39 is 0 Å². The minimum atomic E-state index is 1.12. The van der Waals surface area contributed by atoms with Crippen LogP contribution in [-0.4, -0.2) is 28.1 Å². The predicted octanol–water partition coefficient (Wildman–Crippen LogP) is 7.45. The van der Waals surface area contributed by atoms with Crippen LogP contribution in [0.2, 0.25) is 0 Å². The van der Waals surface area contributed by atoms with Crippen LogP contribution >= 0.6 is 33.8 Å². The van der Waals surface area contributed by atoms with Gasteiger partial charge in [0.1, 0.15) is 4.32 Å². The number of unbranched alkanes of at least 4 members (excludes halogenated alkanes) is 11. The highest BCUT2D eigenvalue weighted by molar-refractivity contribution is 8.83. The molecule has 0 aromatic heterocycles. The first-order valence-electron chi connectivity index (χ1n) is 9.93. The lowest BCUT2D eigenvalue weighted by atomic mass is 10.1. The zero-order valence-corrected chi connectivity index (χ0v) is 17.6. The van der Waals surface area contributed by atoms with Crippen LogP contribution in [0, 0.1) is 0 Å². The Morgan fingerprint density at radius 3 is 1.78 bits per heavy atom. The van der Waals surface area contributed by atoms with Gasteiger partial charge in [-0.2, -0.15) is 0 Å². The molecule has 1 saturated heterocycles. The molecule has 0 aliphatic carbocycles. The van der Waals surface area contributed by atoms with Crippen molar-refractivity contribution in [3.05, 3.63) is 0 Å². The number of hydrogen-bond acceptors (Lipinski definition) is 3. The molecule has 1 rings (SSSR count). The Balaban J connectivity index is 1.72. The average molecular weight is 376 g/mol. The molecule has 1 nitrogen and oxygen atoms in total. The average Bonchev–Trinajstić information content (AvgIpc) is 3.09. The molecule has 0 unspecified atom stereocenters. The molecule has 1 aliphatic rings.